The molecule has 4 rings (SSSR count). The van der Waals surface area contributed by atoms with E-state index in [1.807, 2.05) is 38.1 Å². The monoisotopic (exact) mass is 407 g/mol. The molecule has 158 valence electrons. The molecule has 0 bridgehead atoms. The Hall–Kier alpha value is -2.89. The highest BCUT2D eigenvalue weighted by Crippen LogP contribution is 2.49. The van der Waals surface area contributed by atoms with Gasteiger partial charge in [0.1, 0.15) is 11.7 Å². The number of benzene rings is 1. The quantitative estimate of drug-likeness (QED) is 0.767. The number of esters is 1. The molecule has 1 aromatic heterocycles. The first kappa shape index (κ1) is 20.4. The van der Waals surface area contributed by atoms with Gasteiger partial charge in [-0.25, -0.2) is 9.98 Å². The zero-order valence-electron chi connectivity index (χ0n) is 18.1. The van der Waals surface area contributed by atoms with Gasteiger partial charge in [0.25, 0.3) is 0 Å². The van der Waals surface area contributed by atoms with E-state index in [2.05, 4.69) is 6.92 Å². The summed E-state index contributed by atoms with van der Waals surface area (Å²) >= 11 is 0. The molecule has 2 aromatic rings. The van der Waals surface area contributed by atoms with Gasteiger partial charge in [0.15, 0.2) is 5.82 Å². The van der Waals surface area contributed by atoms with Crippen molar-refractivity contribution in [2.75, 3.05) is 19.5 Å². The summed E-state index contributed by atoms with van der Waals surface area (Å²) in [5.41, 5.74) is 12.0. The number of methoxy groups -OCH3 is 1. The Morgan fingerprint density at radius 3 is 2.80 bits per heavy atom. The smallest absolute Gasteiger partial charge is 0.315 e. The summed E-state index contributed by atoms with van der Waals surface area (Å²) in [5.74, 6) is 0.655. The number of nitrogen functional groups attached to an aromatic ring is 1. The van der Waals surface area contributed by atoms with Gasteiger partial charge in [-0.15, -0.1) is 0 Å². The molecule has 2 heterocycles. The molecule has 0 radical (unpaired) electrons. The second-order valence-corrected chi connectivity index (χ2v) is 8.24. The summed E-state index contributed by atoms with van der Waals surface area (Å²) in [6.07, 6.45) is 2.90. The molecule has 1 aliphatic heterocycles. The van der Waals surface area contributed by atoms with E-state index in [1.54, 1.807) is 7.11 Å². The van der Waals surface area contributed by atoms with Gasteiger partial charge in [-0.1, -0.05) is 25.1 Å². The van der Waals surface area contributed by atoms with E-state index < -0.39 is 5.92 Å². The maximum absolute atomic E-state index is 13.0. The SMILES string of the molecule is CCOC(=O)C1C(C)=Nc2nc3c(c(N)c2C1c1ccccc1OC)CC(C)CC3. The maximum atomic E-state index is 13.0. The fourth-order valence-corrected chi connectivity index (χ4v) is 4.80. The third-order valence-corrected chi connectivity index (χ3v) is 6.26. The average molecular weight is 408 g/mol. The molecule has 0 saturated carbocycles. The molecule has 3 unspecified atom stereocenters. The second kappa shape index (κ2) is 8.09. The molecule has 0 amide bonds. The van der Waals surface area contributed by atoms with Crippen LogP contribution in [0.3, 0.4) is 0 Å². The van der Waals surface area contributed by atoms with Crippen molar-refractivity contribution in [1.29, 1.82) is 0 Å². The van der Waals surface area contributed by atoms with Crippen LogP contribution in [0.2, 0.25) is 0 Å². The molecule has 2 N–H and O–H groups in total. The first-order valence-corrected chi connectivity index (χ1v) is 10.6. The Balaban J connectivity index is 1.98. The van der Waals surface area contributed by atoms with Crippen molar-refractivity contribution in [2.45, 2.75) is 46.0 Å². The van der Waals surface area contributed by atoms with Crippen molar-refractivity contribution in [3.05, 3.63) is 46.6 Å². The number of para-hydroxylation sites is 1. The highest BCUT2D eigenvalue weighted by atomic mass is 16.5. The van der Waals surface area contributed by atoms with Gasteiger partial charge in [0.2, 0.25) is 0 Å². The van der Waals surface area contributed by atoms with Crippen molar-refractivity contribution in [1.82, 2.24) is 4.98 Å². The Bertz CT molecular complexity index is 1010. The van der Waals surface area contributed by atoms with E-state index in [9.17, 15) is 4.79 Å². The van der Waals surface area contributed by atoms with Crippen LogP contribution in [0.1, 0.15) is 55.5 Å². The van der Waals surface area contributed by atoms with Crippen LogP contribution >= 0.6 is 0 Å². The van der Waals surface area contributed by atoms with Crippen LogP contribution in [0, 0.1) is 11.8 Å². The third kappa shape index (κ3) is 3.34. The minimum atomic E-state index is -0.572. The molecule has 0 fully saturated rings. The van der Waals surface area contributed by atoms with Gasteiger partial charge in [0, 0.05) is 34.1 Å². The molecule has 1 aromatic carbocycles. The highest BCUT2D eigenvalue weighted by molar-refractivity contribution is 6.05. The van der Waals surface area contributed by atoms with E-state index in [1.165, 1.54) is 0 Å². The standard InChI is InChI=1S/C24H29N3O3/c1-5-30-24(28)19-14(3)26-23-21(20(19)15-8-6-7-9-18(15)29-4)22(25)16-12-13(2)10-11-17(16)27-23/h6-9,13,19-20H,5,10-12H2,1-4H3,(H2,25,27). The van der Waals surface area contributed by atoms with Gasteiger partial charge in [0.05, 0.1) is 13.7 Å². The summed E-state index contributed by atoms with van der Waals surface area (Å²) < 4.78 is 11.1. The third-order valence-electron chi connectivity index (χ3n) is 6.26. The van der Waals surface area contributed by atoms with Gasteiger partial charge in [-0.05, 0) is 50.7 Å². The number of aromatic nitrogens is 1. The Labute approximate surface area is 177 Å². The largest absolute Gasteiger partial charge is 0.496 e. The second-order valence-electron chi connectivity index (χ2n) is 8.24. The zero-order chi connectivity index (χ0) is 21.4. The number of pyridine rings is 1. The Morgan fingerprint density at radius 1 is 1.30 bits per heavy atom. The molecule has 0 saturated heterocycles. The normalized spacial score (nSPS) is 22.5. The van der Waals surface area contributed by atoms with Gasteiger partial charge in [-0.2, -0.15) is 0 Å². The molecule has 30 heavy (non-hydrogen) atoms. The zero-order valence-corrected chi connectivity index (χ0v) is 18.1. The number of fused-ring (bicyclic) bond motifs is 2. The van der Waals surface area contributed by atoms with Crippen LogP contribution in [-0.4, -0.2) is 30.4 Å². The number of hydrogen-bond donors (Lipinski definition) is 1. The van der Waals surface area contributed by atoms with Crippen LogP contribution in [0.4, 0.5) is 11.5 Å². The minimum absolute atomic E-state index is 0.300. The van der Waals surface area contributed by atoms with Crippen molar-refractivity contribution in [2.24, 2.45) is 16.8 Å². The lowest BCUT2D eigenvalue weighted by Crippen LogP contribution is -2.35. The Kier molecular flexibility index (Phi) is 5.50. The van der Waals surface area contributed by atoms with Gasteiger partial charge in [-0.3, -0.25) is 4.79 Å². The fraction of sp³-hybridized carbons (Fsp3) is 0.458. The number of nitrogens with zero attached hydrogens (tertiary/aromatic N) is 2. The average Bonchev–Trinajstić information content (AvgIpc) is 2.73. The first-order valence-electron chi connectivity index (χ1n) is 10.6. The molecule has 2 aliphatic rings. The molecular weight excluding hydrogens is 378 g/mol. The van der Waals surface area contributed by atoms with E-state index in [4.69, 9.17) is 25.2 Å². The van der Waals surface area contributed by atoms with Gasteiger partial charge < -0.3 is 15.2 Å². The first-order chi connectivity index (χ1) is 14.5. The molecule has 3 atom stereocenters. The van der Waals surface area contributed by atoms with Crippen LogP contribution in [-0.2, 0) is 22.4 Å². The van der Waals surface area contributed by atoms with Crippen molar-refractivity contribution in [3.63, 3.8) is 0 Å². The number of aryl methyl sites for hydroxylation is 1. The fourth-order valence-electron chi connectivity index (χ4n) is 4.80. The highest BCUT2D eigenvalue weighted by Gasteiger charge is 2.42. The van der Waals surface area contributed by atoms with Crippen LogP contribution in [0.25, 0.3) is 0 Å². The predicted molar refractivity (Wildman–Crippen MR) is 118 cm³/mol. The van der Waals surface area contributed by atoms with Crippen molar-refractivity contribution in [3.8, 4) is 5.75 Å². The van der Waals surface area contributed by atoms with E-state index in [0.29, 0.717) is 35.5 Å². The van der Waals surface area contributed by atoms with E-state index >= 15 is 0 Å². The number of nitrogens with two attached hydrogens (primary N) is 1. The lowest BCUT2D eigenvalue weighted by molar-refractivity contribution is -0.146. The lowest BCUT2D eigenvalue weighted by atomic mass is 9.74. The summed E-state index contributed by atoms with van der Waals surface area (Å²) in [6, 6.07) is 7.76. The number of carbonyl (C=O) groups is 1. The van der Waals surface area contributed by atoms with Crippen LogP contribution in [0.5, 0.6) is 5.75 Å². The molecular formula is C24H29N3O3. The number of ether oxygens (including phenoxy) is 2. The Morgan fingerprint density at radius 2 is 2.07 bits per heavy atom. The molecule has 6 heteroatoms. The number of hydrogen-bond acceptors (Lipinski definition) is 6. The van der Waals surface area contributed by atoms with E-state index in [-0.39, 0.29) is 11.9 Å². The predicted octanol–water partition coefficient (Wildman–Crippen LogP) is 4.21. The van der Waals surface area contributed by atoms with Gasteiger partial charge >= 0.3 is 5.97 Å². The van der Waals surface area contributed by atoms with Crippen LogP contribution < -0.4 is 10.5 Å². The molecule has 1 aliphatic carbocycles. The number of rotatable bonds is 4. The number of aliphatic imine (C=N–C) groups is 1. The topological polar surface area (TPSA) is 86.8 Å². The summed E-state index contributed by atoms with van der Waals surface area (Å²) in [5, 5.41) is 0. The maximum Gasteiger partial charge on any atom is 0.315 e. The summed E-state index contributed by atoms with van der Waals surface area (Å²) in [4.78, 5) is 22.7. The minimum Gasteiger partial charge on any atom is -0.496 e. The van der Waals surface area contributed by atoms with Crippen molar-refractivity contribution >= 4 is 23.2 Å². The van der Waals surface area contributed by atoms with Crippen molar-refractivity contribution < 1.29 is 14.3 Å². The molecule has 6 nitrogen and oxygen atoms in total. The lowest BCUT2D eigenvalue weighted by Gasteiger charge is -2.34. The summed E-state index contributed by atoms with van der Waals surface area (Å²) in [6.45, 7) is 6.23. The van der Waals surface area contributed by atoms with Crippen LogP contribution in [0.15, 0.2) is 29.3 Å². The number of carbonyl (C=O) groups excluding carboxylic acids is 1. The molecule has 0 spiro atoms. The van der Waals surface area contributed by atoms with E-state index in [0.717, 1.165) is 41.6 Å². The number of anilines is 1. The summed E-state index contributed by atoms with van der Waals surface area (Å²) in [7, 11) is 1.64.